The predicted octanol–water partition coefficient (Wildman–Crippen LogP) is 1.96. The minimum Gasteiger partial charge on any atom is -0.481 e. The van der Waals surface area contributed by atoms with Crippen molar-refractivity contribution in [3.63, 3.8) is 0 Å². The number of ether oxygens (including phenoxy) is 1. The summed E-state index contributed by atoms with van der Waals surface area (Å²) in [6, 6.07) is 7.90. The lowest BCUT2D eigenvalue weighted by molar-refractivity contribution is -0.140. The summed E-state index contributed by atoms with van der Waals surface area (Å²) in [5.41, 5.74) is 0.841. The molecule has 0 saturated carbocycles. The first-order chi connectivity index (χ1) is 25.1. The number of amides is 6. The fourth-order valence-corrected chi connectivity index (χ4v) is 6.21. The van der Waals surface area contributed by atoms with Crippen LogP contribution in [0.3, 0.4) is 0 Å². The van der Waals surface area contributed by atoms with Gasteiger partial charge in [-0.3, -0.25) is 28.8 Å². The molecule has 53 heavy (non-hydrogen) atoms. The number of carbonyl (C=O) groups excluding carboxylic acids is 6. The SMILES string of the molecule is CC(C)[C@@H]1NC(=O)[C@H](C)NC(=O)c2csc(n2)[C@H](Cc2ccccc2)NC(=O)CN(C(=O)COc2ccc(F)cc2F)CCN(C)C(=O)[C@@H](C)NC1=O. The lowest BCUT2D eigenvalue weighted by atomic mass is 10.0. The van der Waals surface area contributed by atoms with Gasteiger partial charge in [-0.25, -0.2) is 13.8 Å². The Hall–Kier alpha value is -5.45. The van der Waals surface area contributed by atoms with Gasteiger partial charge in [0, 0.05) is 31.6 Å². The van der Waals surface area contributed by atoms with Crippen molar-refractivity contribution in [2.24, 2.45) is 5.92 Å². The van der Waals surface area contributed by atoms with Crippen LogP contribution < -0.4 is 26.0 Å². The second-order valence-corrected chi connectivity index (χ2v) is 13.9. The fourth-order valence-electron chi connectivity index (χ4n) is 5.36. The topological polar surface area (TPSA) is 179 Å². The smallest absolute Gasteiger partial charge is 0.271 e. The van der Waals surface area contributed by atoms with E-state index in [4.69, 9.17) is 4.74 Å². The Labute approximate surface area is 309 Å². The van der Waals surface area contributed by atoms with E-state index in [-0.39, 0.29) is 36.9 Å². The molecule has 1 aliphatic rings. The van der Waals surface area contributed by atoms with Gasteiger partial charge in [-0.2, -0.15) is 0 Å². The van der Waals surface area contributed by atoms with Crippen molar-refractivity contribution in [1.82, 2.24) is 36.1 Å². The fraction of sp³-hybridized carbons (Fsp3) is 0.417. The average molecular weight is 756 g/mol. The van der Waals surface area contributed by atoms with Gasteiger partial charge in [-0.05, 0) is 43.9 Å². The molecule has 0 spiro atoms. The van der Waals surface area contributed by atoms with Crippen molar-refractivity contribution >= 4 is 46.8 Å². The summed E-state index contributed by atoms with van der Waals surface area (Å²) in [5.74, 6) is -6.40. The van der Waals surface area contributed by atoms with E-state index < -0.39 is 84.4 Å². The summed E-state index contributed by atoms with van der Waals surface area (Å²) in [6.45, 7) is 4.88. The van der Waals surface area contributed by atoms with E-state index in [1.54, 1.807) is 13.8 Å². The van der Waals surface area contributed by atoms with Crippen LogP contribution in [0.25, 0.3) is 0 Å². The van der Waals surface area contributed by atoms with Crippen LogP contribution in [0.4, 0.5) is 8.78 Å². The van der Waals surface area contributed by atoms with Gasteiger partial charge in [0.25, 0.3) is 11.8 Å². The van der Waals surface area contributed by atoms with Gasteiger partial charge in [0.05, 0.1) is 12.6 Å². The second kappa shape index (κ2) is 18.3. The summed E-state index contributed by atoms with van der Waals surface area (Å²) in [7, 11) is 1.45. The molecule has 0 fully saturated rings. The van der Waals surface area contributed by atoms with Crippen molar-refractivity contribution in [3.8, 4) is 5.75 Å². The molecule has 2 heterocycles. The third-order valence-corrected chi connectivity index (χ3v) is 9.36. The Kier molecular flexibility index (Phi) is 14.0. The molecule has 0 radical (unpaired) electrons. The Bertz CT molecular complexity index is 1810. The van der Waals surface area contributed by atoms with E-state index >= 15 is 0 Å². The Balaban J connectivity index is 1.65. The molecule has 2 aromatic carbocycles. The number of rotatable bonds is 6. The molecule has 1 aliphatic heterocycles. The van der Waals surface area contributed by atoms with Crippen LogP contribution in [0, 0.1) is 17.6 Å². The first kappa shape index (κ1) is 40.3. The molecule has 284 valence electrons. The number of benzene rings is 2. The standard InChI is InChI=1S/C36H43F2N7O7S/c1-20(2)31-34(50)40-22(4)36(51)44(5)13-14-45(30(47)18-52-28-12-11-24(37)16-25(28)38)17-29(46)41-26(15-23-9-7-6-8-10-23)35-42-27(19-53-35)33(49)39-21(3)32(48)43-31/h6-12,16,19-22,26,31H,13-15,17-18H2,1-5H3,(H,39,49)(H,40,50)(H,41,46)(H,43,48)/t21-,22+,26-,31-/m0/s1. The third-order valence-electron chi connectivity index (χ3n) is 8.40. The number of nitrogens with one attached hydrogen (secondary N) is 4. The van der Waals surface area contributed by atoms with Crippen molar-refractivity contribution in [2.45, 2.75) is 58.3 Å². The minimum absolute atomic E-state index is 0.00152. The van der Waals surface area contributed by atoms with Crippen LogP contribution >= 0.6 is 11.3 Å². The van der Waals surface area contributed by atoms with Gasteiger partial charge in [0.2, 0.25) is 23.6 Å². The lowest BCUT2D eigenvalue weighted by Gasteiger charge is -2.29. The Morgan fingerprint density at radius 2 is 1.66 bits per heavy atom. The van der Waals surface area contributed by atoms with Crippen LogP contribution in [-0.4, -0.2) is 102 Å². The van der Waals surface area contributed by atoms with Gasteiger partial charge in [-0.15, -0.1) is 11.3 Å². The molecular formula is C36H43F2N7O7S. The minimum atomic E-state index is -1.06. The normalized spacial score (nSPS) is 21.2. The number of thiazole rings is 1. The van der Waals surface area contributed by atoms with Crippen LogP contribution in [0.15, 0.2) is 53.9 Å². The number of aromatic nitrogens is 1. The molecule has 4 atom stereocenters. The van der Waals surface area contributed by atoms with Crippen molar-refractivity contribution in [3.05, 3.63) is 81.8 Å². The van der Waals surface area contributed by atoms with E-state index in [1.807, 2.05) is 30.3 Å². The quantitative estimate of drug-likeness (QED) is 0.295. The van der Waals surface area contributed by atoms with Crippen LogP contribution in [0.1, 0.15) is 54.8 Å². The molecule has 1 aromatic heterocycles. The van der Waals surface area contributed by atoms with Crippen LogP contribution in [-0.2, 0) is 30.4 Å². The Morgan fingerprint density at radius 1 is 0.943 bits per heavy atom. The van der Waals surface area contributed by atoms with Crippen molar-refractivity contribution in [2.75, 3.05) is 33.3 Å². The molecule has 0 aliphatic carbocycles. The van der Waals surface area contributed by atoms with E-state index in [0.717, 1.165) is 33.9 Å². The zero-order valence-corrected chi connectivity index (χ0v) is 30.8. The molecule has 0 saturated heterocycles. The highest BCUT2D eigenvalue weighted by atomic mass is 32.1. The van der Waals surface area contributed by atoms with Crippen molar-refractivity contribution in [1.29, 1.82) is 0 Å². The first-order valence-electron chi connectivity index (χ1n) is 16.9. The Morgan fingerprint density at radius 3 is 2.34 bits per heavy atom. The van der Waals surface area contributed by atoms with E-state index in [9.17, 15) is 37.5 Å². The molecule has 3 aromatic rings. The van der Waals surface area contributed by atoms with Gasteiger partial charge in [-0.1, -0.05) is 44.2 Å². The second-order valence-electron chi connectivity index (χ2n) is 13.0. The number of hydrogen-bond acceptors (Lipinski definition) is 9. The summed E-state index contributed by atoms with van der Waals surface area (Å²) in [4.78, 5) is 86.8. The zero-order valence-electron chi connectivity index (χ0n) is 30.0. The highest BCUT2D eigenvalue weighted by Gasteiger charge is 2.31. The summed E-state index contributed by atoms with van der Waals surface area (Å²) >= 11 is 1.11. The van der Waals surface area contributed by atoms with E-state index in [2.05, 4.69) is 26.3 Å². The molecule has 4 rings (SSSR count). The summed E-state index contributed by atoms with van der Waals surface area (Å²) < 4.78 is 33.0. The molecule has 14 nitrogen and oxygen atoms in total. The van der Waals surface area contributed by atoms with Gasteiger partial charge in [0.15, 0.2) is 18.2 Å². The number of hydrogen-bond donors (Lipinski definition) is 4. The van der Waals surface area contributed by atoms with Gasteiger partial charge in [0.1, 0.15) is 34.6 Å². The molecule has 17 heteroatoms. The molecule has 0 unspecified atom stereocenters. The number of fused-ring (bicyclic) bond motifs is 2. The van der Waals surface area contributed by atoms with Gasteiger partial charge >= 0.3 is 0 Å². The number of nitrogens with zero attached hydrogens (tertiary/aromatic N) is 3. The maximum Gasteiger partial charge on any atom is 0.271 e. The molecular weight excluding hydrogens is 713 g/mol. The highest BCUT2D eigenvalue weighted by Crippen LogP contribution is 2.23. The van der Waals surface area contributed by atoms with E-state index in [1.165, 1.54) is 31.2 Å². The zero-order chi connectivity index (χ0) is 38.8. The lowest BCUT2D eigenvalue weighted by Crippen LogP contribution is -2.57. The molecule has 2 bridgehead atoms. The molecule has 4 N–H and O–H groups in total. The first-order valence-corrected chi connectivity index (χ1v) is 17.8. The van der Waals surface area contributed by atoms with Crippen molar-refractivity contribution < 1.29 is 42.3 Å². The van der Waals surface area contributed by atoms with Crippen LogP contribution in [0.2, 0.25) is 0 Å². The maximum atomic E-state index is 14.3. The third kappa shape index (κ3) is 11.3. The number of likely N-dealkylation sites (N-methyl/N-ethyl adjacent to an activating group) is 1. The number of halogens is 2. The molecule has 6 amide bonds. The van der Waals surface area contributed by atoms with Gasteiger partial charge < -0.3 is 35.8 Å². The predicted molar refractivity (Wildman–Crippen MR) is 191 cm³/mol. The largest absolute Gasteiger partial charge is 0.481 e. The monoisotopic (exact) mass is 755 g/mol. The average Bonchev–Trinajstić information content (AvgIpc) is 3.61. The summed E-state index contributed by atoms with van der Waals surface area (Å²) in [5, 5.41) is 12.6. The van der Waals surface area contributed by atoms with Crippen LogP contribution in [0.5, 0.6) is 5.75 Å². The maximum absolute atomic E-state index is 14.3. The number of carbonyl (C=O) groups is 6. The summed E-state index contributed by atoms with van der Waals surface area (Å²) in [6.07, 6.45) is 0.271. The highest BCUT2D eigenvalue weighted by molar-refractivity contribution is 7.09. The van der Waals surface area contributed by atoms with E-state index in [0.29, 0.717) is 11.1 Å².